The molecule has 0 spiro atoms. The Labute approximate surface area is 534 Å². The Morgan fingerprint density at radius 1 is 0.656 bits per heavy atom. The molecule has 1 aromatic heterocycles. The number of hydrogen-bond donors (Lipinski definition) is 2. The summed E-state index contributed by atoms with van der Waals surface area (Å²) in [5.74, 6) is 3.39. The van der Waals surface area contributed by atoms with Crippen LogP contribution in [-0.4, -0.2) is 165 Å². The fourth-order valence-electron chi connectivity index (χ4n) is 12.6. The van der Waals surface area contributed by atoms with E-state index in [2.05, 4.69) is 38.4 Å². The number of fused-ring (bicyclic) bond motifs is 1. The number of amides is 1. The number of methoxy groups -OCH3 is 3. The Kier molecular flexibility index (Phi) is 30.1. The highest BCUT2D eigenvalue weighted by Crippen LogP contribution is 2.41. The van der Waals surface area contributed by atoms with E-state index in [1.54, 1.807) is 45.4 Å². The maximum absolute atomic E-state index is 12.7. The van der Waals surface area contributed by atoms with Crippen molar-refractivity contribution in [3.63, 3.8) is 0 Å². The quantitative estimate of drug-likeness (QED) is 0.0219. The van der Waals surface area contributed by atoms with Gasteiger partial charge in [-0.25, -0.2) is 9.78 Å². The zero-order valence-corrected chi connectivity index (χ0v) is 54.7. The van der Waals surface area contributed by atoms with Gasteiger partial charge in [0, 0.05) is 81.3 Å². The number of imidazole rings is 1. The molecule has 3 aromatic carbocycles. The number of carboxylic acids is 1. The molecule has 6 aliphatic rings. The van der Waals surface area contributed by atoms with Crippen LogP contribution in [-0.2, 0) is 27.9 Å². The third kappa shape index (κ3) is 22.2. The van der Waals surface area contributed by atoms with Crippen molar-refractivity contribution in [1.29, 1.82) is 0 Å². The van der Waals surface area contributed by atoms with Gasteiger partial charge in [-0.1, -0.05) is 45.4 Å². The molecule has 6 fully saturated rings. The number of nitrogens with zero attached hydrogens (tertiary/aromatic N) is 7. The van der Waals surface area contributed by atoms with Crippen molar-refractivity contribution in [3.8, 4) is 34.5 Å². The van der Waals surface area contributed by atoms with Crippen molar-refractivity contribution in [2.75, 3.05) is 118 Å². The number of aromatic nitrogens is 2. The van der Waals surface area contributed by atoms with E-state index < -0.39 is 12.1 Å². The number of ether oxygens (including phenoxy) is 6. The van der Waals surface area contributed by atoms with Gasteiger partial charge in [-0.05, 0) is 160 Å². The number of likely N-dealkylation sites (tertiary alicyclic amines) is 3. The van der Waals surface area contributed by atoms with Gasteiger partial charge in [0.2, 0.25) is 11.1 Å². The van der Waals surface area contributed by atoms with Crippen molar-refractivity contribution in [2.45, 2.75) is 160 Å². The lowest BCUT2D eigenvalue weighted by Gasteiger charge is -2.24. The molecule has 3 aliphatic heterocycles. The van der Waals surface area contributed by atoms with Crippen molar-refractivity contribution in [1.82, 2.24) is 24.3 Å². The fraction of sp³-hybridized carbons (Fsp3) is 0.667. The first-order chi connectivity index (χ1) is 43.3. The van der Waals surface area contributed by atoms with Crippen LogP contribution in [0.4, 0.5) is 30.2 Å². The van der Waals surface area contributed by atoms with Gasteiger partial charge in [-0.2, -0.15) is 13.2 Å². The van der Waals surface area contributed by atoms with Gasteiger partial charge in [0.15, 0.2) is 34.5 Å². The van der Waals surface area contributed by atoms with E-state index in [4.69, 9.17) is 60.6 Å². The minimum atomic E-state index is -5.08. The first kappa shape index (κ1) is 72.8. The number of hydrogen-bond acceptors (Lipinski definition) is 16. The van der Waals surface area contributed by atoms with Crippen LogP contribution in [0.25, 0.3) is 11.0 Å². The van der Waals surface area contributed by atoms with Crippen LogP contribution in [0.15, 0.2) is 36.4 Å². The predicted molar refractivity (Wildman–Crippen MR) is 344 cm³/mol. The second-order valence-corrected chi connectivity index (χ2v) is 24.4. The van der Waals surface area contributed by atoms with Crippen molar-refractivity contribution < 1.29 is 66.0 Å². The number of nitro groups is 1. The molecule has 1 amide bonds. The van der Waals surface area contributed by atoms with Gasteiger partial charge in [0.25, 0.3) is 5.69 Å². The van der Waals surface area contributed by atoms with Crippen LogP contribution >= 0.6 is 11.6 Å². The van der Waals surface area contributed by atoms with Crippen LogP contribution < -0.4 is 39.1 Å². The van der Waals surface area contributed by atoms with Gasteiger partial charge in [-0.15, -0.1) is 0 Å². The lowest BCUT2D eigenvalue weighted by Crippen LogP contribution is -2.32. The summed E-state index contributed by atoms with van der Waals surface area (Å²) in [6.45, 7) is 14.2. The summed E-state index contributed by atoms with van der Waals surface area (Å²) in [6, 6.07) is 10.9. The fourth-order valence-corrected chi connectivity index (χ4v) is 12.9. The molecule has 0 bridgehead atoms. The van der Waals surface area contributed by atoms with Gasteiger partial charge in [0.05, 0.1) is 74.5 Å². The van der Waals surface area contributed by atoms with Gasteiger partial charge in [-0.3, -0.25) is 19.7 Å². The summed E-state index contributed by atoms with van der Waals surface area (Å²) in [6.07, 6.45) is 20.1. The molecular formula is C66H98ClF3N8O12. The first-order valence-electron chi connectivity index (χ1n) is 32.5. The highest BCUT2D eigenvalue weighted by molar-refractivity contribution is 6.64. The number of rotatable bonds is 24. The highest BCUT2D eigenvalue weighted by Gasteiger charge is 2.38. The second-order valence-electron chi connectivity index (χ2n) is 24.0. The van der Waals surface area contributed by atoms with Crippen molar-refractivity contribution >= 4 is 56.8 Å². The van der Waals surface area contributed by atoms with E-state index in [0.29, 0.717) is 65.5 Å². The zero-order chi connectivity index (χ0) is 65.2. The Morgan fingerprint density at radius 3 is 1.48 bits per heavy atom. The number of halogens is 4. The third-order valence-corrected chi connectivity index (χ3v) is 18.0. The minimum Gasteiger partial charge on any atom is -0.493 e. The number of nitrogen functional groups attached to an aromatic ring is 1. The molecule has 0 atom stereocenters. The lowest BCUT2D eigenvalue weighted by molar-refractivity contribution is -0.385. The van der Waals surface area contributed by atoms with Crippen LogP contribution in [0, 0.1) is 22.0 Å². The normalized spacial score (nSPS) is 17.3. The van der Waals surface area contributed by atoms with Crippen LogP contribution in [0.1, 0.15) is 159 Å². The van der Waals surface area contributed by atoms with E-state index in [0.717, 1.165) is 107 Å². The van der Waals surface area contributed by atoms with E-state index in [9.17, 15) is 32.9 Å². The number of anilines is 2. The molecule has 3 aliphatic carbocycles. The topological polar surface area (TPSA) is 227 Å². The minimum absolute atomic E-state index is 0.0952. The number of nitrogens with two attached hydrogens (primary N) is 1. The van der Waals surface area contributed by atoms with Gasteiger partial charge >= 0.3 is 12.1 Å². The summed E-state index contributed by atoms with van der Waals surface area (Å²) in [4.78, 5) is 56.8. The number of carbonyl (C=O) groups is 3. The van der Waals surface area contributed by atoms with Crippen molar-refractivity contribution in [2.24, 2.45) is 18.9 Å². The maximum Gasteiger partial charge on any atom is 0.490 e. The molecule has 20 nitrogen and oxygen atoms in total. The number of carboxylic acid groups (broad SMARTS) is 1. The molecule has 24 heteroatoms. The van der Waals surface area contributed by atoms with Crippen LogP contribution in [0.3, 0.4) is 0 Å². The Balaban J connectivity index is 0.000000193. The maximum atomic E-state index is 12.7. The summed E-state index contributed by atoms with van der Waals surface area (Å²) in [5.41, 5.74) is 10.4. The number of nitro benzene ring substituents is 1. The first-order valence-corrected chi connectivity index (χ1v) is 32.8. The average molecular weight is 1290 g/mol. The molecule has 4 aromatic rings. The molecule has 4 heterocycles. The lowest BCUT2D eigenvalue weighted by atomic mass is 10.1. The molecule has 3 N–H and O–H groups in total. The predicted octanol–water partition coefficient (Wildman–Crippen LogP) is 13.0. The average Bonchev–Trinajstić information content (AvgIpc) is 1.68. The van der Waals surface area contributed by atoms with E-state index >= 15 is 0 Å². The van der Waals surface area contributed by atoms with Gasteiger partial charge < -0.3 is 63.4 Å². The molecule has 0 unspecified atom stereocenters. The SMILES string of the molecule is CCc1cc(OC)c(OCCCN2CCCC2)cc1[N+](=O)[O-].COc1cc(N(C)C(=O)C2CCCC2)c(N)cc1OCCCN1CCCC1.COc1cc2c(cc1OCCCN1CCCC1)nc(C1CCCC1)n2C.O=C(Cl)C1CCCC1.O=C(O)C(F)(F)F. The van der Waals surface area contributed by atoms with Crippen molar-refractivity contribution in [3.05, 3.63) is 57.9 Å². The summed E-state index contributed by atoms with van der Waals surface area (Å²) < 4.78 is 68.1. The monoisotopic (exact) mass is 1290 g/mol. The van der Waals surface area contributed by atoms with E-state index in [1.807, 2.05) is 13.0 Å². The van der Waals surface area contributed by atoms with E-state index in [1.165, 1.54) is 128 Å². The van der Waals surface area contributed by atoms with Crippen LogP contribution in [0.2, 0.25) is 0 Å². The summed E-state index contributed by atoms with van der Waals surface area (Å²) in [5, 5.41) is 18.1. The van der Waals surface area contributed by atoms with Crippen LogP contribution in [0.5, 0.6) is 34.5 Å². The summed E-state index contributed by atoms with van der Waals surface area (Å²) >= 11 is 5.25. The molecule has 3 saturated heterocycles. The number of alkyl halides is 3. The molecule has 10 rings (SSSR count). The van der Waals surface area contributed by atoms with E-state index in [-0.39, 0.29) is 33.6 Å². The number of aryl methyl sites for hydroxylation is 2. The Morgan fingerprint density at radius 2 is 1.07 bits per heavy atom. The van der Waals surface area contributed by atoms with Gasteiger partial charge in [0.1, 0.15) is 5.82 Å². The zero-order valence-electron chi connectivity index (χ0n) is 53.9. The highest BCUT2D eigenvalue weighted by atomic mass is 35.5. The Bertz CT molecular complexity index is 2880. The molecule has 90 heavy (non-hydrogen) atoms. The number of benzene rings is 3. The molecule has 502 valence electrons. The molecule has 0 radical (unpaired) electrons. The standard InChI is InChI=1S/C21H33N3O3.C21H31N3O2.C16H24N2O4.C6H9ClO.C2HF3O2/c1-23(21(25)16-8-3-4-9-16)18-15-19(26-2)20(14-17(18)22)27-13-7-12-24-10-5-6-11-24;1-23-18-15-19(25-2)20(26-13-7-12-24-10-5-6-11-24)14-17(18)22-21(23)16-8-3-4-9-16;1-3-13-11-15(21-2)16(12-14(13)18(19)20)22-10-6-9-17-7-4-5-8-17;7-6(8)5-3-1-2-4-5;3-2(4,5)1(6)7/h14-16H,3-13,22H2,1-2H3;14-16H,3-13H2,1-2H3;11-12H,3-10H2,1-2H3;5H,1-4H2;(H,6,7). The third-order valence-electron chi connectivity index (χ3n) is 17.7. The number of aliphatic carboxylic acids is 1. The second kappa shape index (κ2) is 37.3. The number of carbonyl (C=O) groups excluding carboxylic acids is 2. The Hall–Kier alpha value is -6.30. The largest absolute Gasteiger partial charge is 0.493 e. The molecule has 3 saturated carbocycles. The molecular weight excluding hydrogens is 1190 g/mol. The smallest absolute Gasteiger partial charge is 0.490 e. The summed E-state index contributed by atoms with van der Waals surface area (Å²) in [7, 11) is 8.80.